The second kappa shape index (κ2) is 4.80. The summed E-state index contributed by atoms with van der Waals surface area (Å²) in [5.41, 5.74) is 0.383. The quantitative estimate of drug-likeness (QED) is 0.866. The van der Waals surface area contributed by atoms with Crippen LogP contribution in [0.2, 0.25) is 5.02 Å². The molecule has 1 atom stereocenters. The Kier molecular flexibility index (Phi) is 3.21. The van der Waals surface area contributed by atoms with E-state index < -0.39 is 0 Å². The van der Waals surface area contributed by atoms with Gasteiger partial charge in [0, 0.05) is 6.20 Å². The average Bonchev–Trinajstić information content (AvgIpc) is 2.85. The maximum atomic E-state index is 8.84. The lowest BCUT2D eigenvalue weighted by molar-refractivity contribution is 0.790. The van der Waals surface area contributed by atoms with Crippen molar-refractivity contribution in [1.82, 2.24) is 20.2 Å². The summed E-state index contributed by atoms with van der Waals surface area (Å²) < 4.78 is 0. The summed E-state index contributed by atoms with van der Waals surface area (Å²) in [7, 11) is 0. The van der Waals surface area contributed by atoms with E-state index in [0.29, 0.717) is 22.2 Å². The monoisotopic (exact) mass is 248 g/mol. The number of aromatic amines is 1. The third kappa shape index (κ3) is 2.34. The van der Waals surface area contributed by atoms with Gasteiger partial charge in [0.05, 0.1) is 11.6 Å². The van der Waals surface area contributed by atoms with Crippen molar-refractivity contribution in [3.63, 3.8) is 0 Å². The maximum Gasteiger partial charge on any atom is 0.146 e. The number of aromatic nitrogens is 4. The molecule has 0 amide bonds. The molecule has 0 aromatic carbocycles. The minimum absolute atomic E-state index is 0.128. The number of hydrogen-bond acceptors (Lipinski definition) is 5. The summed E-state index contributed by atoms with van der Waals surface area (Å²) in [6.07, 6.45) is 2.95. The molecule has 0 aliphatic carbocycles. The van der Waals surface area contributed by atoms with Crippen molar-refractivity contribution in [3.05, 3.63) is 35.0 Å². The first-order valence-corrected chi connectivity index (χ1v) is 5.26. The van der Waals surface area contributed by atoms with E-state index in [-0.39, 0.29) is 6.04 Å². The summed E-state index contributed by atoms with van der Waals surface area (Å²) in [6, 6.07) is 3.43. The van der Waals surface area contributed by atoms with Crippen LogP contribution in [0.25, 0.3) is 0 Å². The molecule has 0 aliphatic heterocycles. The second-order valence-electron chi connectivity index (χ2n) is 3.37. The van der Waals surface area contributed by atoms with Crippen LogP contribution in [0.15, 0.2) is 18.6 Å². The molecule has 17 heavy (non-hydrogen) atoms. The van der Waals surface area contributed by atoms with Gasteiger partial charge in [-0.2, -0.15) is 10.4 Å². The summed E-state index contributed by atoms with van der Waals surface area (Å²) >= 11 is 6.02. The SMILES string of the molecule is CC(Nc1nccc(C#N)c1Cl)c1ncn[nH]1. The van der Waals surface area contributed by atoms with Gasteiger partial charge in [-0.15, -0.1) is 0 Å². The smallest absolute Gasteiger partial charge is 0.146 e. The zero-order valence-electron chi connectivity index (χ0n) is 8.98. The summed E-state index contributed by atoms with van der Waals surface area (Å²) in [5.74, 6) is 1.12. The molecular weight excluding hydrogens is 240 g/mol. The number of rotatable bonds is 3. The minimum Gasteiger partial charge on any atom is -0.359 e. The number of nitrogens with zero attached hydrogens (tertiary/aromatic N) is 4. The molecule has 1 unspecified atom stereocenters. The normalized spacial score (nSPS) is 11.8. The Morgan fingerprint density at radius 2 is 2.35 bits per heavy atom. The van der Waals surface area contributed by atoms with E-state index in [4.69, 9.17) is 16.9 Å². The largest absolute Gasteiger partial charge is 0.359 e. The minimum atomic E-state index is -0.128. The molecule has 2 rings (SSSR count). The standard InChI is InChI=1S/C10H9ClN6/c1-6(9-14-5-15-17-9)16-10-8(11)7(4-12)2-3-13-10/h2-3,5-6H,1H3,(H,13,16)(H,14,15,17). The Balaban J connectivity index is 2.23. The molecule has 0 spiro atoms. The van der Waals surface area contributed by atoms with Gasteiger partial charge in [-0.1, -0.05) is 11.6 Å². The zero-order chi connectivity index (χ0) is 12.3. The van der Waals surface area contributed by atoms with Crippen molar-refractivity contribution in [3.8, 4) is 6.07 Å². The van der Waals surface area contributed by atoms with E-state index in [1.54, 1.807) is 6.07 Å². The first-order valence-electron chi connectivity index (χ1n) is 4.88. The highest BCUT2D eigenvalue weighted by Gasteiger charge is 2.12. The van der Waals surface area contributed by atoms with E-state index in [9.17, 15) is 0 Å². The molecule has 0 saturated heterocycles. The van der Waals surface area contributed by atoms with Crippen LogP contribution in [0.5, 0.6) is 0 Å². The van der Waals surface area contributed by atoms with Crippen molar-refractivity contribution in [2.75, 3.05) is 5.32 Å². The summed E-state index contributed by atoms with van der Waals surface area (Å²) in [5, 5.41) is 18.7. The third-order valence-electron chi connectivity index (χ3n) is 2.21. The fourth-order valence-electron chi connectivity index (χ4n) is 1.33. The van der Waals surface area contributed by atoms with Crippen molar-refractivity contribution >= 4 is 17.4 Å². The van der Waals surface area contributed by atoms with Gasteiger partial charge in [0.15, 0.2) is 0 Å². The number of nitriles is 1. The molecule has 2 aromatic rings. The lowest BCUT2D eigenvalue weighted by atomic mass is 10.2. The predicted octanol–water partition coefficient (Wildman–Crippen LogP) is 1.90. The summed E-state index contributed by atoms with van der Waals surface area (Å²) in [6.45, 7) is 1.89. The van der Waals surface area contributed by atoms with Crippen molar-refractivity contribution in [1.29, 1.82) is 5.26 Å². The van der Waals surface area contributed by atoms with Crippen molar-refractivity contribution in [2.45, 2.75) is 13.0 Å². The van der Waals surface area contributed by atoms with E-state index >= 15 is 0 Å². The molecule has 0 bridgehead atoms. The fraction of sp³-hybridized carbons (Fsp3) is 0.200. The molecule has 0 radical (unpaired) electrons. The first-order chi connectivity index (χ1) is 8.22. The average molecular weight is 249 g/mol. The number of H-pyrrole nitrogens is 1. The number of halogens is 1. The number of anilines is 1. The van der Waals surface area contributed by atoms with E-state index in [2.05, 4.69) is 25.5 Å². The Labute approximate surface area is 103 Å². The Morgan fingerprint density at radius 1 is 1.53 bits per heavy atom. The predicted molar refractivity (Wildman–Crippen MR) is 62.4 cm³/mol. The van der Waals surface area contributed by atoms with Gasteiger partial charge in [-0.3, -0.25) is 5.10 Å². The van der Waals surface area contributed by atoms with Crippen LogP contribution < -0.4 is 5.32 Å². The van der Waals surface area contributed by atoms with Crippen LogP contribution in [-0.2, 0) is 0 Å². The van der Waals surface area contributed by atoms with E-state index in [1.165, 1.54) is 12.5 Å². The van der Waals surface area contributed by atoms with Gasteiger partial charge in [-0.05, 0) is 13.0 Å². The molecule has 86 valence electrons. The lowest BCUT2D eigenvalue weighted by Gasteiger charge is -2.12. The number of pyridine rings is 1. The van der Waals surface area contributed by atoms with Gasteiger partial charge in [0.25, 0.3) is 0 Å². The number of hydrogen-bond donors (Lipinski definition) is 2. The Bertz CT molecular complexity index is 544. The van der Waals surface area contributed by atoms with E-state index in [0.717, 1.165) is 0 Å². The zero-order valence-corrected chi connectivity index (χ0v) is 9.73. The molecule has 0 aliphatic rings. The molecule has 2 aromatic heterocycles. The highest BCUT2D eigenvalue weighted by Crippen LogP contribution is 2.25. The van der Waals surface area contributed by atoms with Crippen molar-refractivity contribution in [2.24, 2.45) is 0 Å². The second-order valence-corrected chi connectivity index (χ2v) is 3.75. The maximum absolute atomic E-state index is 8.84. The topological polar surface area (TPSA) is 90.3 Å². The van der Waals surface area contributed by atoms with Crippen LogP contribution in [-0.4, -0.2) is 20.2 Å². The number of nitrogens with one attached hydrogen (secondary N) is 2. The van der Waals surface area contributed by atoms with Crippen LogP contribution in [0.4, 0.5) is 5.82 Å². The van der Waals surface area contributed by atoms with Gasteiger partial charge in [0.1, 0.15) is 29.1 Å². The highest BCUT2D eigenvalue weighted by molar-refractivity contribution is 6.34. The van der Waals surface area contributed by atoms with Crippen LogP contribution in [0.3, 0.4) is 0 Å². The van der Waals surface area contributed by atoms with Gasteiger partial charge < -0.3 is 5.32 Å². The Hall–Kier alpha value is -2.13. The first kappa shape index (κ1) is 11.4. The molecule has 0 fully saturated rings. The fourth-order valence-corrected chi connectivity index (χ4v) is 1.54. The molecule has 2 N–H and O–H groups in total. The van der Waals surface area contributed by atoms with Crippen LogP contribution in [0, 0.1) is 11.3 Å². The molecular formula is C10H9ClN6. The van der Waals surface area contributed by atoms with Crippen LogP contribution in [0.1, 0.15) is 24.4 Å². The van der Waals surface area contributed by atoms with E-state index in [1.807, 2.05) is 13.0 Å². The highest BCUT2D eigenvalue weighted by atomic mass is 35.5. The molecule has 2 heterocycles. The van der Waals surface area contributed by atoms with Gasteiger partial charge in [-0.25, -0.2) is 9.97 Å². The summed E-state index contributed by atoms with van der Waals surface area (Å²) in [4.78, 5) is 8.10. The van der Waals surface area contributed by atoms with Gasteiger partial charge in [0.2, 0.25) is 0 Å². The Morgan fingerprint density at radius 3 is 3.00 bits per heavy atom. The molecule has 7 heteroatoms. The third-order valence-corrected chi connectivity index (χ3v) is 2.59. The molecule has 0 saturated carbocycles. The van der Waals surface area contributed by atoms with Gasteiger partial charge >= 0.3 is 0 Å². The lowest BCUT2D eigenvalue weighted by Crippen LogP contribution is -2.10. The molecule has 6 nitrogen and oxygen atoms in total. The van der Waals surface area contributed by atoms with Crippen LogP contribution >= 0.6 is 11.6 Å². The van der Waals surface area contributed by atoms with Crippen molar-refractivity contribution < 1.29 is 0 Å².